The Morgan fingerprint density at radius 3 is 2.43 bits per heavy atom. The summed E-state index contributed by atoms with van der Waals surface area (Å²) < 4.78 is 18.5. The molecule has 0 aliphatic heterocycles. The van der Waals surface area contributed by atoms with Crippen molar-refractivity contribution >= 4 is 11.9 Å². The maximum atomic E-state index is 13.5. The van der Waals surface area contributed by atoms with Crippen LogP contribution in [0.2, 0.25) is 0 Å². The zero-order valence-electron chi connectivity index (χ0n) is 12.8. The highest BCUT2D eigenvalue weighted by atomic mass is 19.1. The monoisotopic (exact) mass is 315 g/mol. The van der Waals surface area contributed by atoms with Gasteiger partial charge in [-0.1, -0.05) is 42.5 Å². The fourth-order valence-electron chi connectivity index (χ4n) is 2.02. The summed E-state index contributed by atoms with van der Waals surface area (Å²) in [5.41, 5.74) is 0.917. The molecule has 23 heavy (non-hydrogen) atoms. The van der Waals surface area contributed by atoms with Gasteiger partial charge in [-0.3, -0.25) is 4.79 Å². The average Bonchev–Trinajstić information content (AvgIpc) is 2.56. The van der Waals surface area contributed by atoms with Crippen LogP contribution in [0.1, 0.15) is 22.8 Å². The summed E-state index contributed by atoms with van der Waals surface area (Å²) in [6, 6.07) is 15.2. The predicted molar refractivity (Wildman–Crippen MR) is 84.4 cm³/mol. The molecule has 0 saturated heterocycles. The van der Waals surface area contributed by atoms with E-state index in [0.29, 0.717) is 13.0 Å². The van der Waals surface area contributed by atoms with Crippen LogP contribution in [-0.4, -0.2) is 24.5 Å². The first-order valence-electron chi connectivity index (χ1n) is 7.35. The lowest BCUT2D eigenvalue weighted by Gasteiger charge is -2.13. The van der Waals surface area contributed by atoms with E-state index in [-0.39, 0.29) is 5.56 Å². The minimum Gasteiger partial charge on any atom is -0.449 e. The highest BCUT2D eigenvalue weighted by Crippen LogP contribution is 2.09. The Hall–Kier alpha value is -2.69. The fourth-order valence-corrected chi connectivity index (χ4v) is 2.02. The maximum Gasteiger partial charge on any atom is 0.341 e. The van der Waals surface area contributed by atoms with Gasteiger partial charge < -0.3 is 10.1 Å². The number of nitrogens with one attached hydrogen (secondary N) is 1. The molecule has 0 aliphatic rings. The van der Waals surface area contributed by atoms with Crippen LogP contribution in [0.5, 0.6) is 0 Å². The molecule has 0 spiro atoms. The van der Waals surface area contributed by atoms with Crippen molar-refractivity contribution in [2.24, 2.45) is 0 Å². The molecule has 1 N–H and O–H groups in total. The number of halogens is 1. The quantitative estimate of drug-likeness (QED) is 0.834. The summed E-state index contributed by atoms with van der Waals surface area (Å²) in [6.07, 6.45) is -0.307. The summed E-state index contributed by atoms with van der Waals surface area (Å²) in [6.45, 7) is 1.89. The highest BCUT2D eigenvalue weighted by Gasteiger charge is 2.20. The highest BCUT2D eigenvalue weighted by molar-refractivity contribution is 5.92. The van der Waals surface area contributed by atoms with E-state index < -0.39 is 23.8 Å². The Bertz CT molecular complexity index is 673. The van der Waals surface area contributed by atoms with Crippen molar-refractivity contribution < 1.29 is 18.7 Å². The van der Waals surface area contributed by atoms with Gasteiger partial charge >= 0.3 is 5.97 Å². The van der Waals surface area contributed by atoms with E-state index in [4.69, 9.17) is 4.74 Å². The molecule has 0 unspecified atom stereocenters. The van der Waals surface area contributed by atoms with Crippen molar-refractivity contribution in [1.29, 1.82) is 0 Å². The fraction of sp³-hybridized carbons (Fsp3) is 0.222. The van der Waals surface area contributed by atoms with E-state index in [2.05, 4.69) is 5.32 Å². The zero-order chi connectivity index (χ0) is 16.7. The Balaban J connectivity index is 1.81. The van der Waals surface area contributed by atoms with E-state index in [1.807, 2.05) is 30.3 Å². The molecule has 2 aromatic carbocycles. The molecule has 5 heteroatoms. The summed E-state index contributed by atoms with van der Waals surface area (Å²) in [7, 11) is 0. The van der Waals surface area contributed by atoms with E-state index in [1.54, 1.807) is 0 Å². The number of carbonyl (C=O) groups excluding carboxylic acids is 2. The average molecular weight is 315 g/mol. The van der Waals surface area contributed by atoms with Crippen molar-refractivity contribution in [3.63, 3.8) is 0 Å². The third-order valence-corrected chi connectivity index (χ3v) is 3.30. The molecular weight excluding hydrogens is 297 g/mol. The van der Waals surface area contributed by atoms with Crippen LogP contribution in [0, 0.1) is 5.82 Å². The van der Waals surface area contributed by atoms with Gasteiger partial charge in [-0.05, 0) is 31.0 Å². The topological polar surface area (TPSA) is 55.4 Å². The summed E-state index contributed by atoms with van der Waals surface area (Å²) in [4.78, 5) is 23.7. The Labute approximate surface area is 134 Å². The van der Waals surface area contributed by atoms with Crippen LogP contribution in [-0.2, 0) is 16.0 Å². The van der Waals surface area contributed by atoms with Crippen molar-refractivity contribution in [2.45, 2.75) is 19.4 Å². The van der Waals surface area contributed by atoms with Crippen LogP contribution >= 0.6 is 0 Å². The minimum atomic E-state index is -0.988. The van der Waals surface area contributed by atoms with Gasteiger partial charge in [-0.25, -0.2) is 9.18 Å². The molecule has 120 valence electrons. The molecule has 4 nitrogen and oxygen atoms in total. The van der Waals surface area contributed by atoms with Crippen LogP contribution in [0.4, 0.5) is 4.39 Å². The molecule has 0 aromatic heterocycles. The zero-order valence-corrected chi connectivity index (χ0v) is 12.8. The minimum absolute atomic E-state index is 0.184. The van der Waals surface area contributed by atoms with Crippen LogP contribution in [0.25, 0.3) is 0 Å². The molecule has 0 heterocycles. The lowest BCUT2D eigenvalue weighted by molar-refractivity contribution is -0.129. The molecule has 2 rings (SSSR count). The normalized spacial score (nSPS) is 11.6. The summed E-state index contributed by atoms with van der Waals surface area (Å²) in [5, 5.41) is 2.69. The Kier molecular flexibility index (Phi) is 5.86. The second-order valence-corrected chi connectivity index (χ2v) is 5.05. The number of carbonyl (C=O) groups is 2. The standard InChI is InChI=1S/C18H18FNO3/c1-13(23-18(22)15-9-5-6-10-16(15)19)17(21)20-12-11-14-7-3-2-4-8-14/h2-10,13H,11-12H2,1H3,(H,20,21)/t13-/m0/s1. The van der Waals surface area contributed by atoms with Crippen LogP contribution in [0.15, 0.2) is 54.6 Å². The summed E-state index contributed by atoms with van der Waals surface area (Å²) >= 11 is 0. The van der Waals surface area contributed by atoms with E-state index in [0.717, 1.165) is 5.56 Å². The van der Waals surface area contributed by atoms with Gasteiger partial charge in [0, 0.05) is 6.54 Å². The number of esters is 1. The summed E-state index contributed by atoms with van der Waals surface area (Å²) in [5.74, 6) is -1.94. The van der Waals surface area contributed by atoms with Crippen molar-refractivity contribution in [1.82, 2.24) is 5.32 Å². The molecule has 0 aliphatic carbocycles. The van der Waals surface area contributed by atoms with Gasteiger partial charge in [0.2, 0.25) is 0 Å². The van der Waals surface area contributed by atoms with Crippen molar-refractivity contribution in [3.05, 3.63) is 71.5 Å². The van der Waals surface area contributed by atoms with Gasteiger partial charge in [-0.15, -0.1) is 0 Å². The SMILES string of the molecule is C[C@H](OC(=O)c1ccccc1F)C(=O)NCCc1ccccc1. The molecule has 0 fully saturated rings. The second kappa shape index (κ2) is 8.08. The molecule has 0 saturated carbocycles. The van der Waals surface area contributed by atoms with Gasteiger partial charge in [0.05, 0.1) is 5.56 Å². The van der Waals surface area contributed by atoms with Gasteiger partial charge in [0.15, 0.2) is 6.10 Å². The Morgan fingerprint density at radius 2 is 1.74 bits per heavy atom. The first kappa shape index (κ1) is 16.7. The Morgan fingerprint density at radius 1 is 1.09 bits per heavy atom. The largest absolute Gasteiger partial charge is 0.449 e. The first-order chi connectivity index (χ1) is 11.1. The molecular formula is C18H18FNO3. The number of hydrogen-bond donors (Lipinski definition) is 1. The number of ether oxygens (including phenoxy) is 1. The third-order valence-electron chi connectivity index (χ3n) is 3.30. The van der Waals surface area contributed by atoms with Gasteiger partial charge in [0.25, 0.3) is 5.91 Å². The number of amides is 1. The van der Waals surface area contributed by atoms with E-state index in [1.165, 1.54) is 31.2 Å². The number of rotatable bonds is 6. The molecule has 1 amide bonds. The second-order valence-electron chi connectivity index (χ2n) is 5.05. The van der Waals surface area contributed by atoms with E-state index >= 15 is 0 Å². The van der Waals surface area contributed by atoms with Crippen molar-refractivity contribution in [3.8, 4) is 0 Å². The molecule has 0 bridgehead atoms. The number of benzene rings is 2. The molecule has 1 atom stereocenters. The van der Waals surface area contributed by atoms with Crippen molar-refractivity contribution in [2.75, 3.05) is 6.54 Å². The molecule has 2 aromatic rings. The smallest absolute Gasteiger partial charge is 0.341 e. The molecule has 0 radical (unpaired) electrons. The van der Waals surface area contributed by atoms with Gasteiger partial charge in [0.1, 0.15) is 5.82 Å². The first-order valence-corrected chi connectivity index (χ1v) is 7.35. The maximum absolute atomic E-state index is 13.5. The number of hydrogen-bond acceptors (Lipinski definition) is 3. The third kappa shape index (κ3) is 4.92. The lowest BCUT2D eigenvalue weighted by atomic mass is 10.1. The van der Waals surface area contributed by atoms with E-state index in [9.17, 15) is 14.0 Å². The van der Waals surface area contributed by atoms with Crippen LogP contribution in [0.3, 0.4) is 0 Å². The van der Waals surface area contributed by atoms with Crippen LogP contribution < -0.4 is 5.32 Å². The predicted octanol–water partition coefficient (Wildman–Crippen LogP) is 2.73. The van der Waals surface area contributed by atoms with Gasteiger partial charge in [-0.2, -0.15) is 0 Å². The lowest BCUT2D eigenvalue weighted by Crippen LogP contribution is -2.37.